The van der Waals surface area contributed by atoms with Crippen molar-refractivity contribution in [1.82, 2.24) is 4.98 Å². The van der Waals surface area contributed by atoms with Gasteiger partial charge in [-0.1, -0.05) is 0 Å². The molecule has 0 fully saturated rings. The number of nitrogens with one attached hydrogen (secondary N) is 1. The van der Waals surface area contributed by atoms with E-state index in [0.29, 0.717) is 6.61 Å². The summed E-state index contributed by atoms with van der Waals surface area (Å²) in [6.07, 6.45) is 1.50. The van der Waals surface area contributed by atoms with Gasteiger partial charge in [-0.3, -0.25) is 9.59 Å². The first kappa shape index (κ1) is 12.0. The fourth-order valence-electron chi connectivity index (χ4n) is 1.11. The number of hydrogen-bond donors (Lipinski definition) is 2. The summed E-state index contributed by atoms with van der Waals surface area (Å²) in [6.45, 7) is 1.98. The van der Waals surface area contributed by atoms with E-state index in [1.54, 1.807) is 13.0 Å². The zero-order valence-corrected chi connectivity index (χ0v) is 8.90. The third-order valence-corrected chi connectivity index (χ3v) is 1.78. The Morgan fingerprint density at radius 3 is 2.94 bits per heavy atom. The molecule has 1 heterocycles. The van der Waals surface area contributed by atoms with E-state index in [9.17, 15) is 9.59 Å². The van der Waals surface area contributed by atoms with Crippen LogP contribution in [0, 0.1) is 0 Å². The van der Waals surface area contributed by atoms with Gasteiger partial charge in [-0.25, -0.2) is 4.98 Å². The number of ether oxygens (including phenoxy) is 1. The van der Waals surface area contributed by atoms with Crippen molar-refractivity contribution in [3.8, 4) is 0 Å². The first-order valence-corrected chi connectivity index (χ1v) is 4.79. The lowest BCUT2D eigenvalue weighted by molar-refractivity contribution is -0.140. The van der Waals surface area contributed by atoms with Gasteiger partial charge >= 0.3 is 5.97 Å². The zero-order chi connectivity index (χ0) is 12.0. The van der Waals surface area contributed by atoms with Crippen molar-refractivity contribution in [2.75, 3.05) is 18.5 Å². The molecular formula is C10H13N3O3. The van der Waals surface area contributed by atoms with Gasteiger partial charge in [-0.05, 0) is 19.1 Å². The topological polar surface area (TPSA) is 94.3 Å². The Morgan fingerprint density at radius 2 is 2.31 bits per heavy atom. The van der Waals surface area contributed by atoms with Crippen LogP contribution in [0.15, 0.2) is 18.3 Å². The Hall–Kier alpha value is -2.11. The number of pyridine rings is 1. The van der Waals surface area contributed by atoms with Crippen LogP contribution in [0.25, 0.3) is 0 Å². The lowest BCUT2D eigenvalue weighted by Crippen LogP contribution is -2.20. The molecule has 0 bridgehead atoms. The van der Waals surface area contributed by atoms with Crippen LogP contribution in [0.5, 0.6) is 0 Å². The maximum Gasteiger partial charge on any atom is 0.325 e. The lowest BCUT2D eigenvalue weighted by Gasteiger charge is -2.07. The Balaban J connectivity index is 2.66. The number of anilines is 1. The SMILES string of the molecule is CCOC(=O)CNc1ncccc1C(N)=O. The third-order valence-electron chi connectivity index (χ3n) is 1.78. The van der Waals surface area contributed by atoms with Crippen molar-refractivity contribution in [2.24, 2.45) is 5.73 Å². The quantitative estimate of drug-likeness (QED) is 0.693. The second-order valence-electron chi connectivity index (χ2n) is 2.92. The molecule has 0 saturated carbocycles. The summed E-state index contributed by atoms with van der Waals surface area (Å²) in [6, 6.07) is 3.12. The number of nitrogens with zero attached hydrogens (tertiary/aromatic N) is 1. The normalized spacial score (nSPS) is 9.56. The number of primary amides is 1. The molecule has 6 nitrogen and oxygen atoms in total. The number of esters is 1. The highest BCUT2D eigenvalue weighted by atomic mass is 16.5. The van der Waals surface area contributed by atoms with Gasteiger partial charge in [0.1, 0.15) is 12.4 Å². The fraction of sp³-hybridized carbons (Fsp3) is 0.300. The van der Waals surface area contributed by atoms with Crippen LogP contribution in [0.1, 0.15) is 17.3 Å². The molecule has 0 aliphatic carbocycles. The largest absolute Gasteiger partial charge is 0.465 e. The monoisotopic (exact) mass is 223 g/mol. The van der Waals surface area contributed by atoms with Gasteiger partial charge in [0.2, 0.25) is 0 Å². The molecule has 0 atom stereocenters. The summed E-state index contributed by atoms with van der Waals surface area (Å²) in [5, 5.41) is 2.69. The summed E-state index contributed by atoms with van der Waals surface area (Å²) >= 11 is 0. The highest BCUT2D eigenvalue weighted by Gasteiger charge is 2.09. The molecule has 0 radical (unpaired) electrons. The van der Waals surface area contributed by atoms with E-state index in [1.807, 2.05) is 0 Å². The molecule has 86 valence electrons. The first-order chi connectivity index (χ1) is 7.65. The van der Waals surface area contributed by atoms with Crippen molar-refractivity contribution in [3.05, 3.63) is 23.9 Å². The highest BCUT2D eigenvalue weighted by molar-refractivity contribution is 5.97. The van der Waals surface area contributed by atoms with Crippen LogP contribution in [-0.4, -0.2) is 30.0 Å². The molecule has 1 aromatic heterocycles. The Labute approximate surface area is 92.8 Å². The van der Waals surface area contributed by atoms with Gasteiger partial charge in [-0.15, -0.1) is 0 Å². The number of amides is 1. The Bertz CT molecular complexity index is 393. The van der Waals surface area contributed by atoms with Gasteiger partial charge in [0.05, 0.1) is 12.2 Å². The van der Waals surface area contributed by atoms with Crippen LogP contribution in [0.3, 0.4) is 0 Å². The van der Waals surface area contributed by atoms with E-state index in [2.05, 4.69) is 10.3 Å². The van der Waals surface area contributed by atoms with Crippen molar-refractivity contribution < 1.29 is 14.3 Å². The van der Waals surface area contributed by atoms with E-state index in [4.69, 9.17) is 10.5 Å². The minimum atomic E-state index is -0.598. The summed E-state index contributed by atoms with van der Waals surface area (Å²) in [5.74, 6) is -0.730. The minimum absolute atomic E-state index is 0.0505. The molecule has 1 amide bonds. The number of hydrogen-bond acceptors (Lipinski definition) is 5. The summed E-state index contributed by atoms with van der Waals surface area (Å²) in [4.78, 5) is 26.0. The molecule has 0 aliphatic rings. The molecule has 1 rings (SSSR count). The molecule has 0 aliphatic heterocycles. The van der Waals surface area contributed by atoms with Crippen LogP contribution in [-0.2, 0) is 9.53 Å². The number of carbonyl (C=O) groups is 2. The number of nitrogens with two attached hydrogens (primary N) is 1. The first-order valence-electron chi connectivity index (χ1n) is 4.79. The molecule has 16 heavy (non-hydrogen) atoms. The molecule has 0 unspecified atom stereocenters. The minimum Gasteiger partial charge on any atom is -0.465 e. The molecule has 0 saturated heterocycles. The predicted octanol–water partition coefficient (Wildman–Crippen LogP) is 0.155. The molecule has 3 N–H and O–H groups in total. The maximum absolute atomic E-state index is 11.1. The predicted molar refractivity (Wildman–Crippen MR) is 57.9 cm³/mol. The summed E-state index contributed by atoms with van der Waals surface area (Å²) in [5.41, 5.74) is 5.39. The van der Waals surface area contributed by atoms with E-state index in [-0.39, 0.29) is 17.9 Å². The van der Waals surface area contributed by atoms with Gasteiger partial charge < -0.3 is 15.8 Å². The van der Waals surface area contributed by atoms with Crippen molar-refractivity contribution in [1.29, 1.82) is 0 Å². The number of carbonyl (C=O) groups excluding carboxylic acids is 2. The average Bonchev–Trinajstić information content (AvgIpc) is 2.27. The molecular weight excluding hydrogens is 210 g/mol. The summed E-state index contributed by atoms with van der Waals surface area (Å²) in [7, 11) is 0. The van der Waals surface area contributed by atoms with Gasteiger partial charge in [0, 0.05) is 6.20 Å². The molecule has 0 aromatic carbocycles. The highest BCUT2D eigenvalue weighted by Crippen LogP contribution is 2.09. The van der Waals surface area contributed by atoms with Crippen LogP contribution in [0.2, 0.25) is 0 Å². The van der Waals surface area contributed by atoms with Crippen LogP contribution in [0.4, 0.5) is 5.82 Å². The van der Waals surface area contributed by atoms with Gasteiger partial charge in [0.15, 0.2) is 0 Å². The number of rotatable bonds is 5. The maximum atomic E-state index is 11.1. The smallest absolute Gasteiger partial charge is 0.325 e. The average molecular weight is 223 g/mol. The molecule has 1 aromatic rings. The van der Waals surface area contributed by atoms with E-state index in [1.165, 1.54) is 12.3 Å². The third kappa shape index (κ3) is 3.23. The molecule has 6 heteroatoms. The van der Waals surface area contributed by atoms with Crippen molar-refractivity contribution in [2.45, 2.75) is 6.92 Å². The fourth-order valence-corrected chi connectivity index (χ4v) is 1.11. The van der Waals surface area contributed by atoms with Crippen LogP contribution >= 0.6 is 0 Å². The standard InChI is InChI=1S/C10H13N3O3/c1-2-16-8(14)6-13-10-7(9(11)15)4-3-5-12-10/h3-5H,2,6H2,1H3,(H2,11,15)(H,12,13). The van der Waals surface area contributed by atoms with E-state index >= 15 is 0 Å². The van der Waals surface area contributed by atoms with Gasteiger partial charge in [-0.2, -0.15) is 0 Å². The second kappa shape index (κ2) is 5.69. The lowest BCUT2D eigenvalue weighted by atomic mass is 10.2. The Morgan fingerprint density at radius 1 is 1.56 bits per heavy atom. The van der Waals surface area contributed by atoms with Crippen molar-refractivity contribution >= 4 is 17.7 Å². The summed E-state index contributed by atoms with van der Waals surface area (Å²) < 4.78 is 4.72. The number of aromatic nitrogens is 1. The van der Waals surface area contributed by atoms with Gasteiger partial charge in [0.25, 0.3) is 5.91 Å². The van der Waals surface area contributed by atoms with E-state index in [0.717, 1.165) is 0 Å². The zero-order valence-electron chi connectivity index (χ0n) is 8.90. The van der Waals surface area contributed by atoms with Crippen LogP contribution < -0.4 is 11.1 Å². The van der Waals surface area contributed by atoms with E-state index < -0.39 is 11.9 Å². The Kier molecular flexibility index (Phi) is 4.26. The second-order valence-corrected chi connectivity index (χ2v) is 2.92. The molecule has 0 spiro atoms. The van der Waals surface area contributed by atoms with Crippen molar-refractivity contribution in [3.63, 3.8) is 0 Å².